The van der Waals surface area contributed by atoms with Gasteiger partial charge in [0, 0.05) is 7.11 Å². The third-order valence-electron chi connectivity index (χ3n) is 4.36. The molecule has 100 valence electrons. The van der Waals surface area contributed by atoms with Crippen molar-refractivity contribution >= 4 is 0 Å². The summed E-state index contributed by atoms with van der Waals surface area (Å²) in [5, 5.41) is 0. The maximum absolute atomic E-state index is 6.51. The van der Waals surface area contributed by atoms with Gasteiger partial charge in [-0.05, 0) is 25.3 Å². The summed E-state index contributed by atoms with van der Waals surface area (Å²) in [5.41, 5.74) is 8.82. The molecule has 2 N–H and O–H groups in total. The predicted molar refractivity (Wildman–Crippen MR) is 75.5 cm³/mol. The van der Waals surface area contributed by atoms with Crippen LogP contribution >= 0.6 is 0 Å². The average Bonchev–Trinajstić information content (AvgIpc) is 2.65. The van der Waals surface area contributed by atoms with Gasteiger partial charge in [0.2, 0.25) is 0 Å². The van der Waals surface area contributed by atoms with Crippen LogP contribution in [0.15, 0.2) is 24.3 Å². The summed E-state index contributed by atoms with van der Waals surface area (Å²) >= 11 is 0. The zero-order valence-corrected chi connectivity index (χ0v) is 11.6. The Morgan fingerprint density at radius 2 is 1.61 bits per heavy atom. The van der Waals surface area contributed by atoms with Crippen molar-refractivity contribution in [2.24, 2.45) is 5.73 Å². The van der Waals surface area contributed by atoms with Gasteiger partial charge in [0.15, 0.2) is 0 Å². The van der Waals surface area contributed by atoms with Crippen molar-refractivity contribution in [3.63, 3.8) is 0 Å². The lowest BCUT2D eigenvalue weighted by atomic mass is 9.82. The first-order valence-corrected chi connectivity index (χ1v) is 7.05. The van der Waals surface area contributed by atoms with Crippen LogP contribution in [0.2, 0.25) is 0 Å². The Hall–Kier alpha value is -0.860. The fraction of sp³-hybridized carbons (Fsp3) is 0.625. The Morgan fingerprint density at radius 3 is 2.11 bits per heavy atom. The zero-order chi connectivity index (χ0) is 13.0. The molecule has 0 bridgehead atoms. The van der Waals surface area contributed by atoms with Crippen LogP contribution in [0, 0.1) is 6.92 Å². The zero-order valence-electron chi connectivity index (χ0n) is 11.6. The summed E-state index contributed by atoms with van der Waals surface area (Å²) in [4.78, 5) is 0. The second-order valence-corrected chi connectivity index (χ2v) is 5.57. The van der Waals surface area contributed by atoms with E-state index in [2.05, 4.69) is 31.2 Å². The van der Waals surface area contributed by atoms with Crippen LogP contribution in [0.5, 0.6) is 0 Å². The van der Waals surface area contributed by atoms with Gasteiger partial charge in [-0.3, -0.25) is 0 Å². The summed E-state index contributed by atoms with van der Waals surface area (Å²) in [6, 6.07) is 8.54. The topological polar surface area (TPSA) is 35.2 Å². The van der Waals surface area contributed by atoms with E-state index in [1.54, 1.807) is 0 Å². The number of ether oxygens (including phenoxy) is 1. The highest BCUT2D eigenvalue weighted by Crippen LogP contribution is 2.38. The Kier molecular flexibility index (Phi) is 4.41. The van der Waals surface area contributed by atoms with E-state index in [1.807, 2.05) is 7.11 Å². The molecule has 0 spiro atoms. The van der Waals surface area contributed by atoms with Crippen LogP contribution < -0.4 is 5.73 Å². The predicted octanol–water partition coefficient (Wildman–Crippen LogP) is 3.73. The molecule has 2 heteroatoms. The first-order chi connectivity index (χ1) is 8.68. The Balaban J connectivity index is 2.22. The summed E-state index contributed by atoms with van der Waals surface area (Å²) in [5.74, 6) is 0. The average molecular weight is 247 g/mol. The van der Waals surface area contributed by atoms with Crippen LogP contribution in [-0.2, 0) is 4.74 Å². The van der Waals surface area contributed by atoms with Crippen molar-refractivity contribution in [3.8, 4) is 0 Å². The van der Waals surface area contributed by atoms with Crippen LogP contribution in [0.4, 0.5) is 0 Å². The Morgan fingerprint density at radius 1 is 1.06 bits per heavy atom. The molecule has 1 atom stereocenters. The third kappa shape index (κ3) is 2.76. The fourth-order valence-corrected chi connectivity index (χ4v) is 3.05. The van der Waals surface area contributed by atoms with Gasteiger partial charge in [0.05, 0.1) is 11.6 Å². The fourth-order valence-electron chi connectivity index (χ4n) is 3.05. The lowest BCUT2D eigenvalue weighted by Crippen LogP contribution is -2.42. The maximum atomic E-state index is 6.51. The summed E-state index contributed by atoms with van der Waals surface area (Å²) in [7, 11) is 1.82. The van der Waals surface area contributed by atoms with E-state index in [0.717, 1.165) is 12.8 Å². The lowest BCUT2D eigenvalue weighted by molar-refractivity contribution is -0.0442. The van der Waals surface area contributed by atoms with Gasteiger partial charge in [-0.15, -0.1) is 0 Å². The second-order valence-electron chi connectivity index (χ2n) is 5.57. The molecule has 1 aliphatic rings. The number of benzene rings is 1. The van der Waals surface area contributed by atoms with Crippen LogP contribution in [0.25, 0.3) is 0 Å². The smallest absolute Gasteiger partial charge is 0.0870 e. The molecule has 1 fully saturated rings. The van der Waals surface area contributed by atoms with E-state index in [-0.39, 0.29) is 11.6 Å². The first-order valence-electron chi connectivity index (χ1n) is 7.05. The van der Waals surface area contributed by atoms with Gasteiger partial charge in [-0.2, -0.15) is 0 Å². The van der Waals surface area contributed by atoms with E-state index in [0.29, 0.717) is 0 Å². The molecule has 0 saturated heterocycles. The highest BCUT2D eigenvalue weighted by molar-refractivity contribution is 5.26. The summed E-state index contributed by atoms with van der Waals surface area (Å²) in [6.45, 7) is 2.10. The molecule has 2 nitrogen and oxygen atoms in total. The van der Waals surface area contributed by atoms with Crippen LogP contribution in [-0.4, -0.2) is 12.7 Å². The molecular weight excluding hydrogens is 222 g/mol. The minimum absolute atomic E-state index is 0.0128. The van der Waals surface area contributed by atoms with Gasteiger partial charge in [-0.1, -0.05) is 55.5 Å². The maximum Gasteiger partial charge on any atom is 0.0870 e. The van der Waals surface area contributed by atoms with Gasteiger partial charge in [0.1, 0.15) is 0 Å². The van der Waals surface area contributed by atoms with E-state index in [4.69, 9.17) is 10.5 Å². The van der Waals surface area contributed by atoms with E-state index >= 15 is 0 Å². The van der Waals surface area contributed by atoms with Gasteiger partial charge >= 0.3 is 0 Å². The molecule has 0 heterocycles. The largest absolute Gasteiger partial charge is 0.376 e. The van der Waals surface area contributed by atoms with E-state index < -0.39 is 0 Å². The van der Waals surface area contributed by atoms with Crippen LogP contribution in [0.3, 0.4) is 0 Å². The van der Waals surface area contributed by atoms with Crippen molar-refractivity contribution in [3.05, 3.63) is 35.4 Å². The molecule has 1 unspecified atom stereocenters. The second kappa shape index (κ2) is 5.85. The summed E-state index contributed by atoms with van der Waals surface area (Å²) in [6.07, 6.45) is 7.25. The molecule has 0 radical (unpaired) electrons. The highest BCUT2D eigenvalue weighted by atomic mass is 16.5. The van der Waals surface area contributed by atoms with E-state index in [9.17, 15) is 0 Å². The lowest BCUT2D eigenvalue weighted by Gasteiger charge is -2.37. The molecule has 0 amide bonds. The standard InChI is InChI=1S/C16H25NO/c1-13-7-9-14(10-8-13)15(17)16(18-2)11-5-3-4-6-12-16/h7-10,15H,3-6,11-12,17H2,1-2H3. The molecule has 0 aliphatic heterocycles. The highest BCUT2D eigenvalue weighted by Gasteiger charge is 2.37. The molecule has 18 heavy (non-hydrogen) atoms. The molecule has 1 aliphatic carbocycles. The molecule has 2 rings (SSSR count). The van der Waals surface area contributed by atoms with Crippen molar-refractivity contribution < 1.29 is 4.74 Å². The normalized spacial score (nSPS) is 21.3. The molecule has 1 saturated carbocycles. The van der Waals surface area contributed by atoms with Gasteiger partial charge in [0.25, 0.3) is 0 Å². The molecule has 1 aromatic rings. The van der Waals surface area contributed by atoms with Crippen molar-refractivity contribution in [1.82, 2.24) is 0 Å². The van der Waals surface area contributed by atoms with Crippen molar-refractivity contribution in [2.75, 3.05) is 7.11 Å². The number of rotatable bonds is 3. The number of hydrogen-bond acceptors (Lipinski definition) is 2. The first kappa shape index (κ1) is 13.6. The van der Waals surface area contributed by atoms with Gasteiger partial charge < -0.3 is 10.5 Å². The summed E-state index contributed by atoms with van der Waals surface area (Å²) < 4.78 is 5.88. The molecular formula is C16H25NO. The SMILES string of the molecule is COC1(C(N)c2ccc(C)cc2)CCCCCC1. The Labute approximate surface area is 111 Å². The number of nitrogens with two attached hydrogens (primary N) is 1. The number of methoxy groups -OCH3 is 1. The van der Waals surface area contributed by atoms with Crippen molar-refractivity contribution in [2.45, 2.75) is 57.1 Å². The molecule has 0 aromatic heterocycles. The van der Waals surface area contributed by atoms with Crippen molar-refractivity contribution in [1.29, 1.82) is 0 Å². The van der Waals surface area contributed by atoms with Crippen LogP contribution in [0.1, 0.15) is 55.7 Å². The minimum atomic E-state index is -0.161. The van der Waals surface area contributed by atoms with Gasteiger partial charge in [-0.25, -0.2) is 0 Å². The quantitative estimate of drug-likeness (QED) is 0.826. The number of aryl methyl sites for hydroxylation is 1. The monoisotopic (exact) mass is 247 g/mol. The molecule has 1 aromatic carbocycles. The number of hydrogen-bond donors (Lipinski definition) is 1. The third-order valence-corrected chi connectivity index (χ3v) is 4.36. The minimum Gasteiger partial charge on any atom is -0.376 e. The Bertz CT molecular complexity index is 363. The van der Waals surface area contributed by atoms with E-state index in [1.165, 1.54) is 36.8 Å².